The van der Waals surface area contributed by atoms with E-state index in [-0.39, 0.29) is 24.2 Å². The van der Waals surface area contributed by atoms with E-state index in [0.717, 1.165) is 5.56 Å². The molecule has 1 fully saturated rings. The zero-order valence-electron chi connectivity index (χ0n) is 14.8. The summed E-state index contributed by atoms with van der Waals surface area (Å²) in [6, 6.07) is 8.91. The molecule has 2 aromatic rings. The lowest BCUT2D eigenvalue weighted by atomic mass is 10.1. The van der Waals surface area contributed by atoms with Gasteiger partial charge in [0.15, 0.2) is 0 Å². The van der Waals surface area contributed by atoms with Crippen LogP contribution in [0.25, 0.3) is 0 Å². The minimum atomic E-state index is -0.354. The second-order valence-corrected chi connectivity index (χ2v) is 6.84. The highest BCUT2D eigenvalue weighted by Crippen LogP contribution is 2.26. The number of nitrogens with zero attached hydrogens (tertiary/aromatic N) is 2. The number of ether oxygens (including phenoxy) is 1. The predicted molar refractivity (Wildman–Crippen MR) is 96.7 cm³/mol. The van der Waals surface area contributed by atoms with E-state index in [9.17, 15) is 9.59 Å². The molecule has 2 amide bonds. The SMILES string of the molecule is COc1ccc(Cl)cc1CN(C)C(=O)C1CC(=O)N(Cc2ccco2)C1. The Hall–Kier alpha value is -2.47. The second kappa shape index (κ2) is 7.83. The Balaban J connectivity index is 1.64. The minimum Gasteiger partial charge on any atom is -0.496 e. The van der Waals surface area contributed by atoms with Crippen molar-refractivity contribution in [2.75, 3.05) is 20.7 Å². The first-order chi connectivity index (χ1) is 12.5. The normalized spacial score (nSPS) is 16.8. The molecule has 1 atom stereocenters. The molecule has 2 heterocycles. The van der Waals surface area contributed by atoms with E-state index in [0.29, 0.717) is 36.2 Å². The second-order valence-electron chi connectivity index (χ2n) is 6.41. The molecule has 3 rings (SSSR count). The lowest BCUT2D eigenvalue weighted by Crippen LogP contribution is -2.34. The third-order valence-corrected chi connectivity index (χ3v) is 4.75. The maximum atomic E-state index is 12.8. The van der Waals surface area contributed by atoms with Gasteiger partial charge in [-0.05, 0) is 30.3 Å². The average molecular weight is 377 g/mol. The molecular weight excluding hydrogens is 356 g/mol. The summed E-state index contributed by atoms with van der Waals surface area (Å²) in [6.45, 7) is 1.16. The Morgan fingerprint density at radius 1 is 1.42 bits per heavy atom. The topological polar surface area (TPSA) is 63.0 Å². The molecule has 1 aliphatic heterocycles. The first-order valence-corrected chi connectivity index (χ1v) is 8.73. The van der Waals surface area contributed by atoms with Crippen molar-refractivity contribution in [3.63, 3.8) is 0 Å². The molecule has 0 aliphatic carbocycles. The van der Waals surface area contributed by atoms with Gasteiger partial charge in [0.2, 0.25) is 11.8 Å². The number of carbonyl (C=O) groups excluding carboxylic acids is 2. The molecule has 0 saturated carbocycles. The number of rotatable bonds is 6. The number of amides is 2. The Morgan fingerprint density at radius 2 is 2.23 bits per heavy atom. The molecule has 0 spiro atoms. The Bertz CT molecular complexity index is 791. The van der Waals surface area contributed by atoms with Crippen molar-refractivity contribution < 1.29 is 18.7 Å². The van der Waals surface area contributed by atoms with Crippen LogP contribution in [0.4, 0.5) is 0 Å². The molecule has 7 heteroatoms. The first-order valence-electron chi connectivity index (χ1n) is 8.35. The fourth-order valence-corrected chi connectivity index (χ4v) is 3.39. The third-order valence-electron chi connectivity index (χ3n) is 4.52. The summed E-state index contributed by atoms with van der Waals surface area (Å²) >= 11 is 6.05. The zero-order valence-corrected chi connectivity index (χ0v) is 15.5. The molecule has 0 radical (unpaired) electrons. The summed E-state index contributed by atoms with van der Waals surface area (Å²) in [6.07, 6.45) is 1.79. The van der Waals surface area contributed by atoms with Gasteiger partial charge in [-0.15, -0.1) is 0 Å². The van der Waals surface area contributed by atoms with Crippen molar-refractivity contribution in [3.05, 3.63) is 52.9 Å². The average Bonchev–Trinajstić information content (AvgIpc) is 3.25. The van der Waals surface area contributed by atoms with Gasteiger partial charge in [-0.1, -0.05) is 11.6 Å². The Labute approximate surface area is 157 Å². The van der Waals surface area contributed by atoms with Crippen molar-refractivity contribution >= 4 is 23.4 Å². The van der Waals surface area contributed by atoms with Crippen LogP contribution in [0.1, 0.15) is 17.7 Å². The molecule has 1 aliphatic rings. The van der Waals surface area contributed by atoms with Gasteiger partial charge < -0.3 is 19.0 Å². The summed E-state index contributed by atoms with van der Waals surface area (Å²) < 4.78 is 10.6. The van der Waals surface area contributed by atoms with Crippen LogP contribution in [-0.2, 0) is 22.7 Å². The summed E-state index contributed by atoms with van der Waals surface area (Å²) in [5.41, 5.74) is 0.826. The fourth-order valence-electron chi connectivity index (χ4n) is 3.20. The number of carbonyl (C=O) groups is 2. The van der Waals surface area contributed by atoms with Gasteiger partial charge in [-0.2, -0.15) is 0 Å². The van der Waals surface area contributed by atoms with E-state index >= 15 is 0 Å². The van der Waals surface area contributed by atoms with Gasteiger partial charge in [0.05, 0.1) is 25.8 Å². The van der Waals surface area contributed by atoms with Crippen LogP contribution in [0.5, 0.6) is 5.75 Å². The molecule has 1 aromatic carbocycles. The van der Waals surface area contributed by atoms with E-state index in [1.165, 1.54) is 0 Å². The van der Waals surface area contributed by atoms with E-state index in [1.54, 1.807) is 54.5 Å². The van der Waals surface area contributed by atoms with Gasteiger partial charge in [-0.25, -0.2) is 0 Å². The molecular formula is C19H21ClN2O4. The largest absolute Gasteiger partial charge is 0.496 e. The number of halogens is 1. The standard InChI is InChI=1S/C19H21ClN2O4/c1-21(10-13-8-15(20)5-6-17(13)25-2)19(24)14-9-18(23)22(11-14)12-16-4-3-7-26-16/h3-8,14H,9-12H2,1-2H3. The van der Waals surface area contributed by atoms with Crippen molar-refractivity contribution in [1.82, 2.24) is 9.80 Å². The maximum absolute atomic E-state index is 12.8. The maximum Gasteiger partial charge on any atom is 0.228 e. The van der Waals surface area contributed by atoms with Crippen LogP contribution in [-0.4, -0.2) is 42.3 Å². The third kappa shape index (κ3) is 4.02. The molecule has 1 unspecified atom stereocenters. The molecule has 1 aromatic heterocycles. The van der Waals surface area contributed by atoms with Crippen molar-refractivity contribution in [3.8, 4) is 5.75 Å². The summed E-state index contributed by atoms with van der Waals surface area (Å²) in [5, 5.41) is 0.585. The van der Waals surface area contributed by atoms with Gasteiger partial charge in [0.1, 0.15) is 11.5 Å². The van der Waals surface area contributed by atoms with Crippen LogP contribution in [0.15, 0.2) is 41.0 Å². The lowest BCUT2D eigenvalue weighted by Gasteiger charge is -2.22. The minimum absolute atomic E-state index is 0.0338. The molecule has 26 heavy (non-hydrogen) atoms. The highest BCUT2D eigenvalue weighted by molar-refractivity contribution is 6.30. The fraction of sp³-hybridized carbons (Fsp3) is 0.368. The molecule has 6 nitrogen and oxygen atoms in total. The van der Waals surface area contributed by atoms with E-state index in [1.807, 2.05) is 6.07 Å². The molecule has 0 N–H and O–H groups in total. The van der Waals surface area contributed by atoms with Crippen LogP contribution in [0, 0.1) is 5.92 Å². The quantitative estimate of drug-likeness (QED) is 0.777. The van der Waals surface area contributed by atoms with E-state index in [4.69, 9.17) is 20.8 Å². The summed E-state index contributed by atoms with van der Waals surface area (Å²) in [7, 11) is 3.30. The van der Waals surface area contributed by atoms with Crippen LogP contribution < -0.4 is 4.74 Å². The van der Waals surface area contributed by atoms with Crippen molar-refractivity contribution in [2.24, 2.45) is 5.92 Å². The predicted octanol–water partition coefficient (Wildman–Crippen LogP) is 2.95. The van der Waals surface area contributed by atoms with Crippen molar-refractivity contribution in [2.45, 2.75) is 19.5 Å². The van der Waals surface area contributed by atoms with Crippen LogP contribution >= 0.6 is 11.6 Å². The summed E-state index contributed by atoms with van der Waals surface area (Å²) in [4.78, 5) is 28.3. The first kappa shape index (κ1) is 18.3. The zero-order chi connectivity index (χ0) is 18.7. The number of benzene rings is 1. The monoisotopic (exact) mass is 376 g/mol. The number of methoxy groups -OCH3 is 1. The van der Waals surface area contributed by atoms with Gasteiger partial charge in [0.25, 0.3) is 0 Å². The van der Waals surface area contributed by atoms with Gasteiger partial charge in [0, 0.05) is 37.1 Å². The summed E-state index contributed by atoms with van der Waals surface area (Å²) in [5.74, 6) is 0.933. The van der Waals surface area contributed by atoms with E-state index in [2.05, 4.69) is 0 Å². The van der Waals surface area contributed by atoms with Gasteiger partial charge >= 0.3 is 0 Å². The number of furan rings is 1. The highest BCUT2D eigenvalue weighted by Gasteiger charge is 2.36. The van der Waals surface area contributed by atoms with Crippen molar-refractivity contribution in [1.29, 1.82) is 0 Å². The molecule has 138 valence electrons. The molecule has 0 bridgehead atoms. The lowest BCUT2D eigenvalue weighted by molar-refractivity contribution is -0.135. The number of hydrogen-bond donors (Lipinski definition) is 0. The Kier molecular flexibility index (Phi) is 5.52. The van der Waals surface area contributed by atoms with Gasteiger partial charge in [-0.3, -0.25) is 9.59 Å². The smallest absolute Gasteiger partial charge is 0.228 e. The van der Waals surface area contributed by atoms with E-state index < -0.39 is 0 Å². The molecule has 1 saturated heterocycles. The Morgan fingerprint density at radius 3 is 2.92 bits per heavy atom. The number of hydrogen-bond acceptors (Lipinski definition) is 4. The van der Waals surface area contributed by atoms with Crippen LogP contribution in [0.3, 0.4) is 0 Å². The highest BCUT2D eigenvalue weighted by atomic mass is 35.5. The van der Waals surface area contributed by atoms with Crippen LogP contribution in [0.2, 0.25) is 5.02 Å². The number of likely N-dealkylation sites (tertiary alicyclic amines) is 1.